The summed E-state index contributed by atoms with van der Waals surface area (Å²) in [5.41, 5.74) is 0. The average molecular weight is 257 g/mol. The second-order valence-corrected chi connectivity index (χ2v) is 5.72. The summed E-state index contributed by atoms with van der Waals surface area (Å²) in [5, 5.41) is 3.50. The van der Waals surface area contributed by atoms with Gasteiger partial charge in [0, 0.05) is 26.2 Å². The molecule has 0 spiro atoms. The highest BCUT2D eigenvalue weighted by Gasteiger charge is 2.21. The van der Waals surface area contributed by atoms with E-state index in [1.165, 1.54) is 32.5 Å². The van der Waals surface area contributed by atoms with Crippen molar-refractivity contribution in [3.63, 3.8) is 0 Å². The molecule has 0 aromatic rings. The van der Waals surface area contributed by atoms with E-state index < -0.39 is 0 Å². The highest BCUT2D eigenvalue weighted by atomic mass is 16.5. The van der Waals surface area contributed by atoms with Crippen LogP contribution in [-0.4, -0.2) is 76.4 Å². The van der Waals surface area contributed by atoms with Gasteiger partial charge < -0.3 is 19.9 Å². The van der Waals surface area contributed by atoms with Gasteiger partial charge in [-0.3, -0.25) is 0 Å². The fourth-order valence-electron chi connectivity index (χ4n) is 2.85. The third-order valence-electron chi connectivity index (χ3n) is 3.67. The molecule has 0 aromatic heterocycles. The van der Waals surface area contributed by atoms with E-state index in [4.69, 9.17) is 4.74 Å². The molecule has 4 heteroatoms. The molecule has 18 heavy (non-hydrogen) atoms. The van der Waals surface area contributed by atoms with Crippen LogP contribution in [0, 0.1) is 5.92 Å². The van der Waals surface area contributed by atoms with Gasteiger partial charge in [0.05, 0.1) is 6.61 Å². The van der Waals surface area contributed by atoms with Crippen LogP contribution >= 0.6 is 0 Å². The van der Waals surface area contributed by atoms with Crippen LogP contribution in [0.25, 0.3) is 0 Å². The quantitative estimate of drug-likeness (QED) is 0.699. The van der Waals surface area contributed by atoms with E-state index in [0.29, 0.717) is 6.04 Å². The van der Waals surface area contributed by atoms with Crippen molar-refractivity contribution in [3.8, 4) is 0 Å². The van der Waals surface area contributed by atoms with Crippen molar-refractivity contribution in [2.45, 2.75) is 25.8 Å². The molecule has 108 valence electrons. The molecule has 0 aliphatic carbocycles. The fourth-order valence-corrected chi connectivity index (χ4v) is 2.85. The first-order valence-corrected chi connectivity index (χ1v) is 7.25. The van der Waals surface area contributed by atoms with Crippen molar-refractivity contribution in [2.75, 3.05) is 60.5 Å². The Morgan fingerprint density at radius 2 is 2.00 bits per heavy atom. The molecule has 1 aliphatic rings. The highest BCUT2D eigenvalue weighted by Crippen LogP contribution is 2.17. The smallest absolute Gasteiger partial charge is 0.0628 e. The summed E-state index contributed by atoms with van der Waals surface area (Å²) in [6.45, 7) is 8.83. The number of methoxy groups -OCH3 is 1. The lowest BCUT2D eigenvalue weighted by atomic mass is 9.96. The third-order valence-corrected chi connectivity index (χ3v) is 3.67. The van der Waals surface area contributed by atoms with E-state index in [-0.39, 0.29) is 0 Å². The highest BCUT2D eigenvalue weighted by molar-refractivity contribution is 4.78. The van der Waals surface area contributed by atoms with Crippen LogP contribution in [0.2, 0.25) is 0 Å². The van der Waals surface area contributed by atoms with Crippen molar-refractivity contribution in [2.24, 2.45) is 5.92 Å². The van der Waals surface area contributed by atoms with Gasteiger partial charge in [-0.1, -0.05) is 6.92 Å². The first-order valence-electron chi connectivity index (χ1n) is 7.25. The Morgan fingerprint density at radius 1 is 1.33 bits per heavy atom. The Bertz CT molecular complexity index is 197. The molecule has 1 atom stereocenters. The van der Waals surface area contributed by atoms with Gasteiger partial charge in [0.2, 0.25) is 0 Å². The summed E-state index contributed by atoms with van der Waals surface area (Å²) in [7, 11) is 6.13. The normalized spacial score (nSPS) is 20.5. The lowest BCUT2D eigenvalue weighted by Gasteiger charge is -2.35. The van der Waals surface area contributed by atoms with E-state index >= 15 is 0 Å². The summed E-state index contributed by atoms with van der Waals surface area (Å²) < 4.78 is 5.28. The van der Waals surface area contributed by atoms with E-state index in [1.807, 2.05) is 0 Å². The Hall–Kier alpha value is -0.160. The first kappa shape index (κ1) is 15.9. The maximum absolute atomic E-state index is 5.28. The minimum Gasteiger partial charge on any atom is -0.383 e. The Balaban J connectivity index is 2.24. The molecule has 1 heterocycles. The molecular formula is C14H31N3O. The van der Waals surface area contributed by atoms with Gasteiger partial charge in [0.15, 0.2) is 0 Å². The lowest BCUT2D eigenvalue weighted by Crippen LogP contribution is -2.47. The van der Waals surface area contributed by atoms with Crippen LogP contribution in [0.5, 0.6) is 0 Å². The number of piperidine rings is 1. The molecule has 0 radical (unpaired) electrons. The molecule has 1 saturated heterocycles. The van der Waals surface area contributed by atoms with Crippen molar-refractivity contribution < 1.29 is 4.74 Å². The minimum absolute atomic E-state index is 0.477. The maximum atomic E-state index is 5.28. The van der Waals surface area contributed by atoms with Crippen LogP contribution in [-0.2, 0) is 4.74 Å². The number of ether oxygens (including phenoxy) is 1. The van der Waals surface area contributed by atoms with E-state index in [0.717, 1.165) is 25.6 Å². The van der Waals surface area contributed by atoms with Gasteiger partial charge in [-0.2, -0.15) is 0 Å². The van der Waals surface area contributed by atoms with Crippen molar-refractivity contribution in [1.82, 2.24) is 15.1 Å². The lowest BCUT2D eigenvalue weighted by molar-refractivity contribution is 0.113. The molecule has 0 bridgehead atoms. The van der Waals surface area contributed by atoms with Crippen LogP contribution in [0.1, 0.15) is 19.8 Å². The van der Waals surface area contributed by atoms with Gasteiger partial charge in [-0.25, -0.2) is 0 Å². The monoisotopic (exact) mass is 257 g/mol. The molecule has 0 aromatic carbocycles. The third kappa shape index (κ3) is 6.14. The average Bonchev–Trinajstić information content (AvgIpc) is 2.31. The number of rotatable bonds is 8. The Morgan fingerprint density at radius 3 is 2.50 bits per heavy atom. The van der Waals surface area contributed by atoms with Crippen molar-refractivity contribution in [1.29, 1.82) is 0 Å². The number of likely N-dealkylation sites (N-methyl/N-ethyl adjacent to an activating group) is 1. The van der Waals surface area contributed by atoms with Gasteiger partial charge in [0.1, 0.15) is 0 Å². The zero-order chi connectivity index (χ0) is 13.4. The van der Waals surface area contributed by atoms with Crippen LogP contribution in [0.3, 0.4) is 0 Å². The van der Waals surface area contributed by atoms with E-state index in [1.54, 1.807) is 7.11 Å². The molecule has 1 fully saturated rings. The zero-order valence-electron chi connectivity index (χ0n) is 12.6. The first-order chi connectivity index (χ1) is 8.65. The molecule has 1 rings (SSSR count). The number of nitrogens with one attached hydrogen (secondary N) is 1. The Labute approximate surface area is 113 Å². The molecule has 4 nitrogen and oxygen atoms in total. The SMILES string of the molecule is CCNC(COC)CN1CCC(CN(C)C)CC1. The summed E-state index contributed by atoms with van der Waals surface area (Å²) in [6, 6.07) is 0.477. The maximum Gasteiger partial charge on any atom is 0.0628 e. The standard InChI is InChI=1S/C14H31N3O/c1-5-15-14(12-18-4)11-17-8-6-13(7-9-17)10-16(2)3/h13-15H,5-12H2,1-4H3. The largest absolute Gasteiger partial charge is 0.383 e. The minimum atomic E-state index is 0.477. The van der Waals surface area contributed by atoms with Crippen molar-refractivity contribution in [3.05, 3.63) is 0 Å². The summed E-state index contributed by atoms with van der Waals surface area (Å²) in [4.78, 5) is 4.89. The van der Waals surface area contributed by atoms with Crippen LogP contribution < -0.4 is 5.32 Å². The van der Waals surface area contributed by atoms with Gasteiger partial charge in [-0.05, 0) is 52.5 Å². The molecular weight excluding hydrogens is 226 g/mol. The molecule has 1 aliphatic heterocycles. The predicted octanol–water partition coefficient (Wildman–Crippen LogP) is 0.885. The number of likely N-dealkylation sites (tertiary alicyclic amines) is 1. The topological polar surface area (TPSA) is 27.7 Å². The van der Waals surface area contributed by atoms with E-state index in [9.17, 15) is 0 Å². The fraction of sp³-hybridized carbons (Fsp3) is 1.00. The second-order valence-electron chi connectivity index (χ2n) is 5.72. The van der Waals surface area contributed by atoms with Crippen LogP contribution in [0.4, 0.5) is 0 Å². The summed E-state index contributed by atoms with van der Waals surface area (Å²) in [5.74, 6) is 0.885. The second kappa shape index (κ2) is 8.86. The van der Waals surface area contributed by atoms with Gasteiger partial charge in [0.25, 0.3) is 0 Å². The summed E-state index contributed by atoms with van der Waals surface area (Å²) >= 11 is 0. The zero-order valence-corrected chi connectivity index (χ0v) is 12.6. The number of hydrogen-bond acceptors (Lipinski definition) is 4. The van der Waals surface area contributed by atoms with E-state index in [2.05, 4.69) is 36.1 Å². The van der Waals surface area contributed by atoms with Gasteiger partial charge >= 0.3 is 0 Å². The number of nitrogens with zero attached hydrogens (tertiary/aromatic N) is 2. The van der Waals surface area contributed by atoms with Gasteiger partial charge in [-0.15, -0.1) is 0 Å². The van der Waals surface area contributed by atoms with Crippen molar-refractivity contribution >= 4 is 0 Å². The molecule has 0 amide bonds. The molecule has 0 saturated carbocycles. The summed E-state index contributed by atoms with van der Waals surface area (Å²) in [6.07, 6.45) is 2.67. The predicted molar refractivity (Wildman–Crippen MR) is 77.1 cm³/mol. The molecule has 1 unspecified atom stereocenters. The molecule has 1 N–H and O–H groups in total. The number of hydrogen-bond donors (Lipinski definition) is 1. The van der Waals surface area contributed by atoms with Crippen LogP contribution in [0.15, 0.2) is 0 Å². The Kier molecular flexibility index (Phi) is 7.82.